The molecule has 5 aromatic carbocycles. The lowest BCUT2D eigenvalue weighted by atomic mass is 9.75. The van der Waals surface area contributed by atoms with Crippen LogP contribution < -0.4 is 5.46 Å². The summed E-state index contributed by atoms with van der Waals surface area (Å²) in [5, 5.41) is 0. The summed E-state index contributed by atoms with van der Waals surface area (Å²) in [5.41, 5.74) is 18.4. The highest BCUT2D eigenvalue weighted by atomic mass is 16.7. The Morgan fingerprint density at radius 3 is 1.09 bits per heavy atom. The molecule has 0 radical (unpaired) electrons. The van der Waals surface area contributed by atoms with Crippen LogP contribution >= 0.6 is 0 Å². The fourth-order valence-electron chi connectivity index (χ4n) is 7.37. The summed E-state index contributed by atoms with van der Waals surface area (Å²) in [6.07, 6.45) is 3.68. The molecule has 55 heavy (non-hydrogen) atoms. The van der Waals surface area contributed by atoms with Crippen molar-refractivity contribution in [3.63, 3.8) is 0 Å². The van der Waals surface area contributed by atoms with Crippen molar-refractivity contribution in [1.29, 1.82) is 0 Å². The third-order valence-electron chi connectivity index (χ3n) is 11.7. The van der Waals surface area contributed by atoms with Crippen molar-refractivity contribution < 1.29 is 9.31 Å². The molecule has 5 heteroatoms. The Morgan fingerprint density at radius 1 is 0.400 bits per heavy atom. The van der Waals surface area contributed by atoms with Crippen LogP contribution in [0.2, 0.25) is 0 Å². The number of aryl methyl sites for hydroxylation is 4. The molecule has 8 rings (SSSR count). The van der Waals surface area contributed by atoms with Gasteiger partial charge in [0.1, 0.15) is 0 Å². The molecule has 1 aliphatic rings. The Morgan fingerprint density at radius 2 is 0.745 bits per heavy atom. The fourth-order valence-corrected chi connectivity index (χ4v) is 7.37. The van der Waals surface area contributed by atoms with Crippen molar-refractivity contribution in [2.45, 2.75) is 66.6 Å². The molecule has 2 aromatic heterocycles. The molecule has 0 amide bonds. The average Bonchev–Trinajstić information content (AvgIpc) is 3.43. The zero-order valence-corrected chi connectivity index (χ0v) is 33.1. The number of benzene rings is 5. The van der Waals surface area contributed by atoms with Crippen LogP contribution in [0.1, 0.15) is 49.9 Å². The van der Waals surface area contributed by atoms with E-state index in [1.807, 2.05) is 36.7 Å². The van der Waals surface area contributed by atoms with Crippen LogP contribution in [-0.4, -0.2) is 28.3 Å². The van der Waals surface area contributed by atoms with E-state index in [0.29, 0.717) is 0 Å². The van der Waals surface area contributed by atoms with Gasteiger partial charge >= 0.3 is 7.12 Å². The predicted octanol–water partition coefficient (Wildman–Crippen LogP) is 12.0. The molecule has 1 aliphatic heterocycles. The molecule has 0 atom stereocenters. The molecule has 1 saturated heterocycles. The van der Waals surface area contributed by atoms with Crippen molar-refractivity contribution in [3.8, 4) is 67.0 Å². The van der Waals surface area contributed by atoms with Gasteiger partial charge in [-0.3, -0.25) is 9.97 Å². The maximum atomic E-state index is 6.72. The fraction of sp³-hybridized carbons (Fsp3) is 0.200. The van der Waals surface area contributed by atoms with Crippen molar-refractivity contribution in [2.24, 2.45) is 0 Å². The van der Waals surface area contributed by atoms with E-state index in [1.54, 1.807) is 0 Å². The van der Waals surface area contributed by atoms with Gasteiger partial charge in [-0.15, -0.1) is 0 Å². The van der Waals surface area contributed by atoms with Gasteiger partial charge < -0.3 is 9.31 Å². The summed E-state index contributed by atoms with van der Waals surface area (Å²) in [6.45, 7) is 17.2. The molecular weight excluding hydrogens is 671 g/mol. The number of rotatable bonds is 7. The van der Waals surface area contributed by atoms with Crippen LogP contribution in [0.3, 0.4) is 0 Å². The highest BCUT2D eigenvalue weighted by molar-refractivity contribution is 6.62. The highest BCUT2D eigenvalue weighted by Gasteiger charge is 2.51. The summed E-state index contributed by atoms with van der Waals surface area (Å²) in [6, 6.07) is 45.8. The van der Waals surface area contributed by atoms with Gasteiger partial charge in [0, 0.05) is 23.5 Å². The number of hydrogen-bond acceptors (Lipinski definition) is 4. The molecule has 0 spiro atoms. The number of pyridine rings is 2. The van der Waals surface area contributed by atoms with E-state index in [4.69, 9.17) is 9.31 Å². The van der Waals surface area contributed by atoms with Crippen LogP contribution in [0.25, 0.3) is 67.0 Å². The zero-order valence-electron chi connectivity index (χ0n) is 33.1. The van der Waals surface area contributed by atoms with Crippen molar-refractivity contribution in [1.82, 2.24) is 9.97 Å². The van der Waals surface area contributed by atoms with E-state index in [2.05, 4.69) is 168 Å². The first-order valence-electron chi connectivity index (χ1n) is 19.1. The molecule has 0 aliphatic carbocycles. The molecular formula is C50H47BN2O2. The summed E-state index contributed by atoms with van der Waals surface area (Å²) in [5.74, 6) is 0. The molecule has 0 N–H and O–H groups in total. The molecule has 0 bridgehead atoms. The normalized spacial score (nSPS) is 14.7. The molecule has 272 valence electrons. The first-order chi connectivity index (χ1) is 26.4. The van der Waals surface area contributed by atoms with Gasteiger partial charge in [0.05, 0.1) is 22.6 Å². The van der Waals surface area contributed by atoms with Gasteiger partial charge in [0.2, 0.25) is 0 Å². The van der Waals surface area contributed by atoms with Crippen LogP contribution in [0.15, 0.2) is 140 Å². The minimum absolute atomic E-state index is 0.476. The van der Waals surface area contributed by atoms with Crippen LogP contribution in [0, 0.1) is 27.7 Å². The third-order valence-corrected chi connectivity index (χ3v) is 11.7. The first-order valence-corrected chi connectivity index (χ1v) is 19.1. The highest BCUT2D eigenvalue weighted by Crippen LogP contribution is 2.42. The number of nitrogens with zero attached hydrogens (tertiary/aromatic N) is 2. The lowest BCUT2D eigenvalue weighted by molar-refractivity contribution is 0.00578. The quantitative estimate of drug-likeness (QED) is 0.154. The van der Waals surface area contributed by atoms with Gasteiger partial charge in [-0.25, -0.2) is 0 Å². The van der Waals surface area contributed by atoms with Crippen LogP contribution in [-0.2, 0) is 9.31 Å². The average molecular weight is 719 g/mol. The first kappa shape index (κ1) is 36.4. The van der Waals surface area contributed by atoms with E-state index < -0.39 is 18.3 Å². The van der Waals surface area contributed by atoms with E-state index in [9.17, 15) is 0 Å². The second kappa shape index (κ2) is 14.2. The topological polar surface area (TPSA) is 44.2 Å². The van der Waals surface area contributed by atoms with Crippen molar-refractivity contribution in [2.75, 3.05) is 0 Å². The van der Waals surface area contributed by atoms with E-state index in [0.717, 1.165) is 50.2 Å². The molecule has 7 aromatic rings. The summed E-state index contributed by atoms with van der Waals surface area (Å²) in [4.78, 5) is 9.16. The Balaban J connectivity index is 1.31. The predicted molar refractivity (Wildman–Crippen MR) is 229 cm³/mol. The molecule has 1 fully saturated rings. The number of hydrogen-bond donors (Lipinski definition) is 0. The van der Waals surface area contributed by atoms with Gasteiger partial charge in [0.25, 0.3) is 0 Å². The molecule has 0 saturated carbocycles. The van der Waals surface area contributed by atoms with E-state index in [1.165, 1.54) is 44.5 Å². The summed E-state index contributed by atoms with van der Waals surface area (Å²) >= 11 is 0. The van der Waals surface area contributed by atoms with E-state index in [-0.39, 0.29) is 0 Å². The Kier molecular flexibility index (Phi) is 9.41. The Bertz CT molecular complexity index is 2340. The molecule has 3 heterocycles. The second-order valence-electron chi connectivity index (χ2n) is 16.0. The lowest BCUT2D eigenvalue weighted by Gasteiger charge is -2.32. The van der Waals surface area contributed by atoms with Gasteiger partial charge in [0.15, 0.2) is 0 Å². The standard InChI is InChI=1S/C50H47BN2O2/c1-32-25-43(36-15-19-38(20-16-36)47-13-9-11-23-52-47)45(27-34(32)3)40-29-41(31-42(30-40)51-54-49(5,6)50(7,8)55-51)46-28-35(4)33(2)26-44(46)37-17-21-39(22-18-37)48-14-10-12-24-53-48/h9-31H,1-8H3. The molecule has 0 unspecified atom stereocenters. The van der Waals surface area contributed by atoms with Crippen molar-refractivity contribution in [3.05, 3.63) is 162 Å². The van der Waals surface area contributed by atoms with Crippen LogP contribution in [0.4, 0.5) is 0 Å². The smallest absolute Gasteiger partial charge is 0.399 e. The SMILES string of the molecule is Cc1cc(-c2ccc(-c3ccccn3)cc2)c(-c2cc(B3OC(C)(C)C(C)(C)O3)cc(-c3cc(C)c(C)cc3-c3ccc(-c4ccccn4)cc3)c2)cc1C. The third kappa shape index (κ3) is 7.07. The maximum absolute atomic E-state index is 6.72. The second-order valence-corrected chi connectivity index (χ2v) is 16.0. The number of aromatic nitrogens is 2. The Labute approximate surface area is 326 Å². The van der Waals surface area contributed by atoms with Crippen molar-refractivity contribution >= 4 is 12.6 Å². The monoisotopic (exact) mass is 718 g/mol. The minimum Gasteiger partial charge on any atom is -0.399 e. The van der Waals surface area contributed by atoms with Gasteiger partial charge in [-0.2, -0.15) is 0 Å². The summed E-state index contributed by atoms with van der Waals surface area (Å²) < 4.78 is 13.4. The van der Waals surface area contributed by atoms with E-state index >= 15 is 0 Å². The largest absolute Gasteiger partial charge is 0.494 e. The zero-order chi connectivity index (χ0) is 38.5. The molecule has 4 nitrogen and oxygen atoms in total. The lowest BCUT2D eigenvalue weighted by Crippen LogP contribution is -2.41. The van der Waals surface area contributed by atoms with Gasteiger partial charge in [-0.05, 0) is 158 Å². The minimum atomic E-state index is -0.524. The van der Waals surface area contributed by atoms with Crippen LogP contribution in [0.5, 0.6) is 0 Å². The summed E-state index contributed by atoms with van der Waals surface area (Å²) in [7, 11) is -0.524. The maximum Gasteiger partial charge on any atom is 0.494 e. The van der Waals surface area contributed by atoms with Gasteiger partial charge in [-0.1, -0.05) is 97.1 Å². The Hall–Kier alpha value is -5.62.